The molecule has 2 N–H and O–H groups in total. The molecular weight excluding hydrogens is 398 g/mol. The molecular formula is C22H25N5O4. The highest BCUT2D eigenvalue weighted by atomic mass is 16.5. The molecule has 1 unspecified atom stereocenters. The van der Waals surface area contributed by atoms with Gasteiger partial charge in [-0.1, -0.05) is 29.8 Å². The van der Waals surface area contributed by atoms with Gasteiger partial charge in [-0.15, -0.1) is 0 Å². The lowest BCUT2D eigenvalue weighted by Crippen LogP contribution is -2.43. The molecule has 0 aliphatic carbocycles. The minimum Gasteiger partial charge on any atom is -0.379 e. The van der Waals surface area contributed by atoms with E-state index >= 15 is 0 Å². The molecule has 9 nitrogen and oxygen atoms in total. The fourth-order valence-electron chi connectivity index (χ4n) is 3.68. The van der Waals surface area contributed by atoms with E-state index in [0.29, 0.717) is 19.8 Å². The van der Waals surface area contributed by atoms with Crippen molar-refractivity contribution in [2.45, 2.75) is 13.0 Å². The molecule has 1 atom stereocenters. The number of carbonyl (C=O) groups excluding carboxylic acids is 1. The molecule has 1 amide bonds. The number of aromatic nitrogens is 3. The third-order valence-electron chi connectivity index (χ3n) is 5.55. The molecule has 162 valence electrons. The number of nitrogens with one attached hydrogen (secondary N) is 2. The molecule has 1 saturated heterocycles. The quantitative estimate of drug-likeness (QED) is 0.626. The van der Waals surface area contributed by atoms with Crippen LogP contribution < -0.4 is 16.6 Å². The maximum absolute atomic E-state index is 13.1. The molecule has 9 heteroatoms. The number of morpholine rings is 1. The highest BCUT2D eigenvalue weighted by Crippen LogP contribution is 2.18. The van der Waals surface area contributed by atoms with Gasteiger partial charge in [0.2, 0.25) is 0 Å². The van der Waals surface area contributed by atoms with Crippen LogP contribution in [0.3, 0.4) is 0 Å². The van der Waals surface area contributed by atoms with E-state index in [1.54, 1.807) is 0 Å². The fraction of sp³-hybridized carbons (Fsp3) is 0.364. The van der Waals surface area contributed by atoms with Gasteiger partial charge in [-0.05, 0) is 18.6 Å². The summed E-state index contributed by atoms with van der Waals surface area (Å²) in [7, 11) is 1.52. The first-order valence-corrected chi connectivity index (χ1v) is 10.2. The van der Waals surface area contributed by atoms with Crippen LogP contribution in [-0.4, -0.2) is 58.2 Å². The number of ether oxygens (including phenoxy) is 1. The van der Waals surface area contributed by atoms with Gasteiger partial charge in [0.05, 0.1) is 30.2 Å². The van der Waals surface area contributed by atoms with E-state index in [2.05, 4.69) is 20.2 Å². The Balaban J connectivity index is 1.62. The SMILES string of the molecule is Cc1ccc(C(CN2CCOCC2)NC(=O)c2cnc3c(c2)c(=O)[nH]c(=O)n3C)cc1. The van der Waals surface area contributed by atoms with Crippen LogP contribution in [0.25, 0.3) is 11.0 Å². The van der Waals surface area contributed by atoms with Crippen LogP contribution in [0, 0.1) is 6.92 Å². The molecule has 3 aromatic rings. The van der Waals surface area contributed by atoms with E-state index in [9.17, 15) is 14.4 Å². The summed E-state index contributed by atoms with van der Waals surface area (Å²) in [6, 6.07) is 9.30. The Kier molecular flexibility index (Phi) is 5.97. The van der Waals surface area contributed by atoms with E-state index in [4.69, 9.17) is 4.74 Å². The summed E-state index contributed by atoms with van der Waals surface area (Å²) in [6.45, 7) is 5.62. The minimum absolute atomic E-state index is 0.190. The Morgan fingerprint density at radius 3 is 2.65 bits per heavy atom. The summed E-state index contributed by atoms with van der Waals surface area (Å²) < 4.78 is 6.67. The van der Waals surface area contributed by atoms with Gasteiger partial charge in [-0.3, -0.25) is 24.0 Å². The number of rotatable bonds is 5. The van der Waals surface area contributed by atoms with E-state index in [0.717, 1.165) is 24.2 Å². The molecule has 3 heterocycles. The van der Waals surface area contributed by atoms with Crippen molar-refractivity contribution in [2.75, 3.05) is 32.8 Å². The van der Waals surface area contributed by atoms with Crippen molar-refractivity contribution in [3.8, 4) is 0 Å². The molecule has 1 aromatic carbocycles. The van der Waals surface area contributed by atoms with E-state index in [1.165, 1.54) is 23.9 Å². The maximum atomic E-state index is 13.1. The van der Waals surface area contributed by atoms with Gasteiger partial charge in [0.1, 0.15) is 5.65 Å². The second-order valence-electron chi connectivity index (χ2n) is 7.76. The Bertz CT molecular complexity index is 1210. The number of benzene rings is 1. The number of aromatic amines is 1. The molecule has 1 aliphatic heterocycles. The molecule has 31 heavy (non-hydrogen) atoms. The standard InChI is InChI=1S/C22H25N5O4/c1-14-3-5-15(6-4-14)18(13-27-7-9-31-10-8-27)24-20(28)16-11-17-19(23-12-16)26(2)22(30)25-21(17)29/h3-6,11-12,18H,7-10,13H2,1-2H3,(H,24,28)(H,25,29,30). The van der Waals surface area contributed by atoms with Crippen molar-refractivity contribution in [1.29, 1.82) is 0 Å². The Morgan fingerprint density at radius 1 is 1.23 bits per heavy atom. The fourth-order valence-corrected chi connectivity index (χ4v) is 3.68. The zero-order valence-corrected chi connectivity index (χ0v) is 17.6. The number of carbonyl (C=O) groups is 1. The number of aryl methyl sites for hydroxylation is 2. The summed E-state index contributed by atoms with van der Waals surface area (Å²) in [5, 5.41) is 3.27. The third-order valence-corrected chi connectivity index (χ3v) is 5.55. The average Bonchev–Trinajstić information content (AvgIpc) is 2.78. The van der Waals surface area contributed by atoms with Crippen molar-refractivity contribution in [2.24, 2.45) is 7.05 Å². The van der Waals surface area contributed by atoms with Crippen LogP contribution >= 0.6 is 0 Å². The van der Waals surface area contributed by atoms with Gasteiger partial charge >= 0.3 is 5.69 Å². The average molecular weight is 423 g/mol. The molecule has 0 saturated carbocycles. The first kappa shape index (κ1) is 21.0. The molecule has 4 rings (SSSR count). The number of hydrogen-bond donors (Lipinski definition) is 2. The molecule has 0 spiro atoms. The van der Waals surface area contributed by atoms with E-state index in [-0.39, 0.29) is 28.5 Å². The van der Waals surface area contributed by atoms with Gasteiger partial charge in [-0.2, -0.15) is 0 Å². The summed E-state index contributed by atoms with van der Waals surface area (Å²) in [6.07, 6.45) is 1.39. The highest BCUT2D eigenvalue weighted by molar-refractivity contribution is 5.96. The first-order chi connectivity index (χ1) is 14.9. The van der Waals surface area contributed by atoms with Crippen LogP contribution in [0.2, 0.25) is 0 Å². The predicted octanol–water partition coefficient (Wildman–Crippen LogP) is 0.734. The predicted molar refractivity (Wildman–Crippen MR) is 116 cm³/mol. The number of hydrogen-bond acceptors (Lipinski definition) is 6. The first-order valence-electron chi connectivity index (χ1n) is 10.2. The van der Waals surface area contributed by atoms with Crippen LogP contribution in [0.4, 0.5) is 0 Å². The van der Waals surface area contributed by atoms with Gasteiger partial charge < -0.3 is 10.1 Å². The number of pyridine rings is 1. The van der Waals surface area contributed by atoms with Gasteiger partial charge in [-0.25, -0.2) is 9.78 Å². The number of H-pyrrole nitrogens is 1. The molecule has 1 fully saturated rings. The second kappa shape index (κ2) is 8.83. The smallest absolute Gasteiger partial charge is 0.329 e. The monoisotopic (exact) mass is 423 g/mol. The lowest BCUT2D eigenvalue weighted by molar-refractivity contribution is 0.0332. The Hall–Kier alpha value is -3.30. The van der Waals surface area contributed by atoms with Gasteiger partial charge in [0.25, 0.3) is 11.5 Å². The topological polar surface area (TPSA) is 109 Å². The largest absolute Gasteiger partial charge is 0.379 e. The normalized spacial score (nSPS) is 15.7. The van der Waals surface area contributed by atoms with Crippen LogP contribution in [0.5, 0.6) is 0 Å². The number of fused-ring (bicyclic) bond motifs is 1. The highest BCUT2D eigenvalue weighted by Gasteiger charge is 2.21. The lowest BCUT2D eigenvalue weighted by atomic mass is 10.0. The summed E-state index contributed by atoms with van der Waals surface area (Å²) in [4.78, 5) is 45.7. The van der Waals surface area contributed by atoms with Crippen LogP contribution in [0.1, 0.15) is 27.5 Å². The van der Waals surface area contributed by atoms with Crippen molar-refractivity contribution in [1.82, 2.24) is 24.8 Å². The third kappa shape index (κ3) is 4.57. The van der Waals surface area contributed by atoms with Crippen LogP contribution in [0.15, 0.2) is 46.1 Å². The van der Waals surface area contributed by atoms with Crippen molar-refractivity contribution < 1.29 is 9.53 Å². The summed E-state index contributed by atoms with van der Waals surface area (Å²) in [5.41, 5.74) is 1.52. The Morgan fingerprint density at radius 2 is 1.94 bits per heavy atom. The van der Waals surface area contributed by atoms with Gasteiger partial charge in [0.15, 0.2) is 0 Å². The molecule has 2 aromatic heterocycles. The van der Waals surface area contributed by atoms with E-state index < -0.39 is 11.2 Å². The zero-order valence-electron chi connectivity index (χ0n) is 17.6. The summed E-state index contributed by atoms with van der Waals surface area (Å²) >= 11 is 0. The lowest BCUT2D eigenvalue weighted by Gasteiger charge is -2.31. The van der Waals surface area contributed by atoms with Crippen molar-refractivity contribution in [3.05, 3.63) is 74.1 Å². The number of amides is 1. The van der Waals surface area contributed by atoms with Crippen molar-refractivity contribution >= 4 is 16.9 Å². The maximum Gasteiger partial charge on any atom is 0.329 e. The van der Waals surface area contributed by atoms with Crippen molar-refractivity contribution in [3.63, 3.8) is 0 Å². The van der Waals surface area contributed by atoms with Crippen LogP contribution in [-0.2, 0) is 11.8 Å². The molecule has 1 aliphatic rings. The summed E-state index contributed by atoms with van der Waals surface area (Å²) in [5.74, 6) is -0.332. The Labute approximate surface area is 178 Å². The minimum atomic E-state index is -0.566. The number of nitrogens with zero attached hydrogens (tertiary/aromatic N) is 3. The molecule has 0 bridgehead atoms. The zero-order chi connectivity index (χ0) is 22.0. The molecule has 0 radical (unpaired) electrons. The second-order valence-corrected chi connectivity index (χ2v) is 7.76. The van der Waals surface area contributed by atoms with E-state index in [1.807, 2.05) is 31.2 Å². The van der Waals surface area contributed by atoms with Gasteiger partial charge in [0, 0.05) is 32.9 Å².